The van der Waals surface area contributed by atoms with Gasteiger partial charge in [0.15, 0.2) is 0 Å². The second-order valence-corrected chi connectivity index (χ2v) is 10.6. The van der Waals surface area contributed by atoms with Gasteiger partial charge in [0.25, 0.3) is 5.91 Å². The van der Waals surface area contributed by atoms with Gasteiger partial charge in [-0.2, -0.15) is 13.2 Å². The average molecular weight is 535 g/mol. The number of imide groups is 1. The Morgan fingerprint density at radius 3 is 2.14 bits per heavy atom. The number of amides is 3. The van der Waals surface area contributed by atoms with Crippen LogP contribution in [0.3, 0.4) is 0 Å². The summed E-state index contributed by atoms with van der Waals surface area (Å²) in [5.41, 5.74) is -1.54. The van der Waals surface area contributed by atoms with Gasteiger partial charge < -0.3 is 0 Å². The van der Waals surface area contributed by atoms with Gasteiger partial charge in [-0.1, -0.05) is 47.5 Å². The Hall–Kier alpha value is -2.84. The summed E-state index contributed by atoms with van der Waals surface area (Å²) in [6, 6.07) is 8.54. The van der Waals surface area contributed by atoms with Crippen LogP contribution in [-0.2, 0) is 15.8 Å². The van der Waals surface area contributed by atoms with Crippen molar-refractivity contribution < 1.29 is 27.6 Å². The summed E-state index contributed by atoms with van der Waals surface area (Å²) in [5.74, 6) is -2.13. The lowest BCUT2D eigenvalue weighted by molar-refractivity contribution is -0.140. The standard InChI is InChI=1S/C26H19Cl2F3N2O3/c27-18-8-5-12(9-19(18)28)23(34)32(20-4-2-1-3-17(20)26(29,30)31)11-33-24(35)21-13-6-7-14(16-10-15(13)16)22(21)25(33)36/h1-9,13-16,21-22H,10-11H2. The molecule has 2 aromatic rings. The summed E-state index contributed by atoms with van der Waals surface area (Å²) in [5, 5.41) is 0.221. The number of anilines is 1. The molecule has 3 fully saturated rings. The van der Waals surface area contributed by atoms with E-state index >= 15 is 0 Å². The molecule has 1 saturated heterocycles. The molecule has 0 spiro atoms. The number of hydrogen-bond acceptors (Lipinski definition) is 3. The molecular weight excluding hydrogens is 516 g/mol. The highest BCUT2D eigenvalue weighted by molar-refractivity contribution is 6.42. The molecule has 2 saturated carbocycles. The molecule has 4 aliphatic carbocycles. The minimum absolute atomic E-state index is 0.0270. The van der Waals surface area contributed by atoms with Gasteiger partial charge in [-0.05, 0) is 60.4 Å². The number of para-hydroxylation sites is 1. The van der Waals surface area contributed by atoms with Crippen LogP contribution in [0.2, 0.25) is 10.0 Å². The van der Waals surface area contributed by atoms with Gasteiger partial charge in [0.1, 0.15) is 6.67 Å². The van der Waals surface area contributed by atoms with Gasteiger partial charge in [-0.25, -0.2) is 0 Å². The van der Waals surface area contributed by atoms with E-state index in [1.54, 1.807) is 0 Å². The molecular formula is C26H19Cl2F3N2O3. The highest BCUT2D eigenvalue weighted by Crippen LogP contribution is 2.65. The van der Waals surface area contributed by atoms with Crippen LogP contribution in [0.5, 0.6) is 0 Å². The number of halogens is 5. The number of rotatable bonds is 4. The SMILES string of the molecule is O=C1C2C3C=CC(C4CC34)C2C(=O)N1CN(C(=O)c1ccc(Cl)c(Cl)c1)c1ccccc1C(F)(F)F. The maximum absolute atomic E-state index is 13.9. The minimum atomic E-state index is -4.77. The van der Waals surface area contributed by atoms with E-state index in [4.69, 9.17) is 23.2 Å². The highest BCUT2D eigenvalue weighted by atomic mass is 35.5. The van der Waals surface area contributed by atoms with E-state index < -0.39 is 53.7 Å². The quantitative estimate of drug-likeness (QED) is 0.375. The third-order valence-corrected chi connectivity index (χ3v) is 8.69. The van der Waals surface area contributed by atoms with Crippen LogP contribution in [-0.4, -0.2) is 29.3 Å². The number of carbonyl (C=O) groups excluding carboxylic acids is 3. The third-order valence-electron chi connectivity index (χ3n) is 7.95. The number of likely N-dealkylation sites (tertiary alicyclic amines) is 1. The zero-order valence-corrected chi connectivity index (χ0v) is 20.1. The molecule has 0 radical (unpaired) electrons. The number of hydrogen-bond donors (Lipinski definition) is 0. The molecule has 10 heteroatoms. The predicted molar refractivity (Wildman–Crippen MR) is 126 cm³/mol. The second-order valence-electron chi connectivity index (χ2n) is 9.78. The molecule has 0 aromatic heterocycles. The van der Waals surface area contributed by atoms with Crippen molar-refractivity contribution >= 4 is 46.6 Å². The van der Waals surface area contributed by atoms with Gasteiger partial charge >= 0.3 is 6.18 Å². The van der Waals surface area contributed by atoms with Crippen LogP contribution < -0.4 is 4.90 Å². The fourth-order valence-corrected chi connectivity index (χ4v) is 6.58. The summed E-state index contributed by atoms with van der Waals surface area (Å²) in [7, 11) is 0. The Kier molecular flexibility index (Phi) is 5.29. The first kappa shape index (κ1) is 23.6. The maximum Gasteiger partial charge on any atom is 0.418 e. The molecule has 6 unspecified atom stereocenters. The van der Waals surface area contributed by atoms with E-state index in [2.05, 4.69) is 0 Å². The van der Waals surface area contributed by atoms with Gasteiger partial charge in [0.05, 0.1) is 33.1 Å². The Balaban J connectivity index is 1.40. The monoisotopic (exact) mass is 534 g/mol. The van der Waals surface area contributed by atoms with Crippen LogP contribution in [0.4, 0.5) is 18.9 Å². The zero-order valence-electron chi connectivity index (χ0n) is 18.6. The highest BCUT2D eigenvalue weighted by Gasteiger charge is 2.67. The van der Waals surface area contributed by atoms with Crippen molar-refractivity contribution in [1.29, 1.82) is 0 Å². The van der Waals surface area contributed by atoms with Crippen molar-refractivity contribution in [3.63, 3.8) is 0 Å². The molecule has 7 rings (SSSR count). The molecule has 0 N–H and O–H groups in total. The van der Waals surface area contributed by atoms with E-state index in [1.807, 2.05) is 12.2 Å². The van der Waals surface area contributed by atoms with Crippen LogP contribution in [0, 0.1) is 35.5 Å². The fraction of sp³-hybridized carbons (Fsp3) is 0.346. The molecule has 2 bridgehead atoms. The normalized spacial score (nSPS) is 29.9. The molecule has 36 heavy (non-hydrogen) atoms. The largest absolute Gasteiger partial charge is 0.418 e. The summed E-state index contributed by atoms with van der Waals surface area (Å²) >= 11 is 12.0. The lowest BCUT2D eigenvalue weighted by Crippen LogP contribution is -2.45. The predicted octanol–water partition coefficient (Wildman–Crippen LogP) is 5.67. The zero-order chi connectivity index (χ0) is 25.5. The van der Waals surface area contributed by atoms with E-state index in [0.717, 1.165) is 28.4 Å². The van der Waals surface area contributed by atoms with Crippen molar-refractivity contribution in [3.8, 4) is 0 Å². The number of nitrogens with zero attached hydrogens (tertiary/aromatic N) is 2. The Morgan fingerprint density at radius 1 is 0.944 bits per heavy atom. The van der Waals surface area contributed by atoms with Gasteiger partial charge in [-0.15, -0.1) is 0 Å². The lowest BCUT2D eigenvalue weighted by Gasteiger charge is -2.37. The lowest BCUT2D eigenvalue weighted by atomic mass is 9.63. The summed E-state index contributed by atoms with van der Waals surface area (Å²) in [6.45, 7) is -0.633. The summed E-state index contributed by atoms with van der Waals surface area (Å²) < 4.78 is 41.8. The van der Waals surface area contributed by atoms with Crippen LogP contribution in [0.25, 0.3) is 0 Å². The van der Waals surface area contributed by atoms with E-state index in [9.17, 15) is 27.6 Å². The maximum atomic E-state index is 13.9. The molecule has 3 amide bonds. The molecule has 1 aliphatic heterocycles. The first-order chi connectivity index (χ1) is 17.1. The Labute approximate surface area is 214 Å². The Bertz CT molecular complexity index is 1310. The second kappa shape index (κ2) is 8.08. The van der Waals surface area contributed by atoms with Crippen molar-refractivity contribution in [2.75, 3.05) is 11.6 Å². The molecule has 186 valence electrons. The topological polar surface area (TPSA) is 57.7 Å². The number of benzene rings is 2. The molecule has 2 aromatic carbocycles. The van der Waals surface area contributed by atoms with Gasteiger partial charge in [-0.3, -0.25) is 24.2 Å². The molecule has 5 nitrogen and oxygen atoms in total. The van der Waals surface area contributed by atoms with Crippen molar-refractivity contribution in [3.05, 3.63) is 75.8 Å². The van der Waals surface area contributed by atoms with Crippen LogP contribution >= 0.6 is 23.2 Å². The minimum Gasteiger partial charge on any atom is -0.289 e. The molecule has 1 heterocycles. The smallest absolute Gasteiger partial charge is 0.289 e. The Morgan fingerprint density at radius 2 is 1.56 bits per heavy atom. The fourth-order valence-electron chi connectivity index (χ4n) is 6.28. The van der Waals surface area contributed by atoms with Crippen molar-refractivity contribution in [2.45, 2.75) is 12.6 Å². The van der Waals surface area contributed by atoms with Crippen molar-refractivity contribution in [2.24, 2.45) is 35.5 Å². The first-order valence-electron chi connectivity index (χ1n) is 11.5. The average Bonchev–Trinajstić information content (AvgIpc) is 3.63. The third kappa shape index (κ3) is 3.49. The van der Waals surface area contributed by atoms with Crippen LogP contribution in [0.15, 0.2) is 54.6 Å². The summed E-state index contributed by atoms with van der Waals surface area (Å²) in [6.07, 6.45) is 0.222. The number of carbonyl (C=O) groups is 3. The molecule has 6 atom stereocenters. The molecule has 5 aliphatic rings. The van der Waals surface area contributed by atoms with Crippen molar-refractivity contribution in [1.82, 2.24) is 4.90 Å². The summed E-state index contributed by atoms with van der Waals surface area (Å²) in [4.78, 5) is 42.3. The van der Waals surface area contributed by atoms with E-state index in [-0.39, 0.29) is 27.4 Å². The van der Waals surface area contributed by atoms with E-state index in [1.165, 1.54) is 30.3 Å². The van der Waals surface area contributed by atoms with Crippen LogP contribution in [0.1, 0.15) is 22.3 Å². The first-order valence-corrected chi connectivity index (χ1v) is 12.3. The van der Waals surface area contributed by atoms with Gasteiger partial charge in [0.2, 0.25) is 11.8 Å². The number of alkyl halides is 3. The number of allylic oxidation sites excluding steroid dienone is 2. The van der Waals surface area contributed by atoms with E-state index in [0.29, 0.717) is 11.8 Å². The van der Waals surface area contributed by atoms with Gasteiger partial charge in [0, 0.05) is 5.56 Å².